The Labute approximate surface area is 134 Å². The van der Waals surface area contributed by atoms with E-state index in [1.165, 1.54) is 20.3 Å². The van der Waals surface area contributed by atoms with Gasteiger partial charge in [-0.05, 0) is 25.1 Å². The molecule has 0 atom stereocenters. The second-order valence-corrected chi connectivity index (χ2v) is 4.20. The summed E-state index contributed by atoms with van der Waals surface area (Å²) in [4.78, 5) is 23.2. The van der Waals surface area contributed by atoms with Crippen LogP contribution in [0.5, 0.6) is 11.5 Å². The van der Waals surface area contributed by atoms with Crippen LogP contribution in [0.2, 0.25) is 0 Å². The molecule has 0 spiro atoms. The van der Waals surface area contributed by atoms with Crippen LogP contribution in [-0.4, -0.2) is 32.8 Å². The highest BCUT2D eigenvalue weighted by molar-refractivity contribution is 6.01. The van der Waals surface area contributed by atoms with Gasteiger partial charge in [-0.25, -0.2) is 4.79 Å². The van der Waals surface area contributed by atoms with Crippen LogP contribution in [0.25, 0.3) is 5.57 Å². The number of nitrogens with zero attached hydrogens (tertiary/aromatic N) is 1. The summed E-state index contributed by atoms with van der Waals surface area (Å²) in [6.07, 6.45) is 0. The summed E-state index contributed by atoms with van der Waals surface area (Å²) in [5, 5.41) is 9.39. The van der Waals surface area contributed by atoms with E-state index in [1.807, 2.05) is 6.07 Å². The summed E-state index contributed by atoms with van der Waals surface area (Å²) in [5.41, 5.74) is 0.189. The minimum absolute atomic E-state index is 0.0776. The highest BCUT2D eigenvalue weighted by Gasteiger charge is 2.23. The molecule has 122 valence electrons. The third-order valence-electron chi connectivity index (χ3n) is 2.72. The van der Waals surface area contributed by atoms with E-state index in [2.05, 4.69) is 0 Å². The summed E-state index contributed by atoms with van der Waals surface area (Å²) < 4.78 is 20.0. The lowest BCUT2D eigenvalue weighted by atomic mass is 10.0. The highest BCUT2D eigenvalue weighted by Crippen LogP contribution is 2.31. The third-order valence-corrected chi connectivity index (χ3v) is 2.72. The number of benzene rings is 1. The Morgan fingerprint density at radius 1 is 1.17 bits per heavy atom. The average molecular weight is 319 g/mol. The van der Waals surface area contributed by atoms with Crippen molar-refractivity contribution in [3.8, 4) is 17.6 Å². The van der Waals surface area contributed by atoms with Gasteiger partial charge in [0, 0.05) is 12.5 Å². The first-order chi connectivity index (χ1) is 11.0. The van der Waals surface area contributed by atoms with Gasteiger partial charge in [-0.1, -0.05) is 0 Å². The van der Waals surface area contributed by atoms with E-state index in [1.54, 1.807) is 19.1 Å². The van der Waals surface area contributed by atoms with Crippen LogP contribution >= 0.6 is 0 Å². The molecule has 0 aromatic heterocycles. The van der Waals surface area contributed by atoms with E-state index < -0.39 is 17.7 Å². The van der Waals surface area contributed by atoms with E-state index in [0.717, 1.165) is 6.92 Å². The number of hydrogen-bond acceptors (Lipinski definition) is 7. The van der Waals surface area contributed by atoms with Gasteiger partial charge >= 0.3 is 11.9 Å². The Bertz CT molecular complexity index is 672. The molecule has 7 nitrogen and oxygen atoms in total. The van der Waals surface area contributed by atoms with Crippen LogP contribution in [0.3, 0.4) is 0 Å². The summed E-state index contributed by atoms with van der Waals surface area (Å²) in [6, 6.07) is 6.47. The number of ether oxygens (including phenoxy) is 4. The Morgan fingerprint density at radius 2 is 1.83 bits per heavy atom. The molecule has 1 aromatic rings. The van der Waals surface area contributed by atoms with Gasteiger partial charge in [0.25, 0.3) is 0 Å². The lowest BCUT2D eigenvalue weighted by Gasteiger charge is -2.12. The second-order valence-electron chi connectivity index (χ2n) is 4.20. The zero-order chi connectivity index (χ0) is 17.4. The first kappa shape index (κ1) is 18.0. The lowest BCUT2D eigenvalue weighted by Crippen LogP contribution is -2.15. The summed E-state index contributed by atoms with van der Waals surface area (Å²) in [5.74, 6) is -1.27. The van der Waals surface area contributed by atoms with E-state index in [9.17, 15) is 14.9 Å². The molecular weight excluding hydrogens is 302 g/mol. The normalized spacial score (nSPS) is 10.9. The van der Waals surface area contributed by atoms with Crippen molar-refractivity contribution in [3.05, 3.63) is 29.5 Å². The molecular formula is C16H17NO6. The zero-order valence-corrected chi connectivity index (χ0v) is 13.3. The van der Waals surface area contributed by atoms with Crippen molar-refractivity contribution in [2.75, 3.05) is 20.8 Å². The number of allylic oxidation sites excluding steroid dienone is 1. The zero-order valence-electron chi connectivity index (χ0n) is 13.3. The van der Waals surface area contributed by atoms with Gasteiger partial charge in [-0.2, -0.15) is 5.26 Å². The van der Waals surface area contributed by atoms with Gasteiger partial charge in [0.15, 0.2) is 11.5 Å². The molecule has 0 N–H and O–H groups in total. The van der Waals surface area contributed by atoms with Crippen molar-refractivity contribution in [1.82, 2.24) is 0 Å². The molecule has 0 amide bonds. The molecule has 0 saturated carbocycles. The molecule has 0 heterocycles. The second kappa shape index (κ2) is 8.44. The van der Waals surface area contributed by atoms with Crippen molar-refractivity contribution in [1.29, 1.82) is 5.26 Å². The average Bonchev–Trinajstić information content (AvgIpc) is 2.54. The minimum atomic E-state index is -0.894. The van der Waals surface area contributed by atoms with Crippen LogP contribution in [0.4, 0.5) is 0 Å². The predicted octanol–water partition coefficient (Wildman–Crippen LogP) is 2.06. The van der Waals surface area contributed by atoms with Gasteiger partial charge in [-0.3, -0.25) is 4.79 Å². The van der Waals surface area contributed by atoms with Crippen molar-refractivity contribution >= 4 is 17.5 Å². The first-order valence-electron chi connectivity index (χ1n) is 6.70. The monoisotopic (exact) mass is 319 g/mol. The highest BCUT2D eigenvalue weighted by atomic mass is 16.6. The molecule has 0 bridgehead atoms. The van der Waals surface area contributed by atoms with Crippen LogP contribution in [0, 0.1) is 11.3 Å². The van der Waals surface area contributed by atoms with Crippen LogP contribution < -0.4 is 9.47 Å². The topological polar surface area (TPSA) is 94.9 Å². The lowest BCUT2D eigenvalue weighted by molar-refractivity contribution is -0.149. The van der Waals surface area contributed by atoms with Crippen molar-refractivity contribution in [3.63, 3.8) is 0 Å². The SMILES string of the molecule is CCOC(=O)/C(OC(C)=O)=C(\C#N)c1ccc(OC)c(OC)c1. The minimum Gasteiger partial charge on any atom is -0.493 e. The van der Waals surface area contributed by atoms with E-state index in [-0.39, 0.29) is 12.2 Å². The number of rotatable bonds is 6. The molecule has 0 fully saturated rings. The summed E-state index contributed by atoms with van der Waals surface area (Å²) in [7, 11) is 2.91. The molecule has 1 rings (SSSR count). The van der Waals surface area contributed by atoms with Gasteiger partial charge in [-0.15, -0.1) is 0 Å². The largest absolute Gasteiger partial charge is 0.493 e. The molecule has 0 aliphatic rings. The van der Waals surface area contributed by atoms with E-state index in [4.69, 9.17) is 18.9 Å². The Kier molecular flexibility index (Phi) is 6.62. The van der Waals surface area contributed by atoms with Crippen molar-refractivity contribution < 1.29 is 28.5 Å². The van der Waals surface area contributed by atoms with Crippen molar-refractivity contribution in [2.24, 2.45) is 0 Å². The molecule has 0 aliphatic heterocycles. The number of carbonyl (C=O) groups is 2. The van der Waals surface area contributed by atoms with Crippen LogP contribution in [-0.2, 0) is 19.1 Å². The molecule has 0 unspecified atom stereocenters. The molecule has 0 saturated heterocycles. The van der Waals surface area contributed by atoms with Gasteiger partial charge in [0.2, 0.25) is 5.76 Å². The molecule has 1 aromatic carbocycles. The van der Waals surface area contributed by atoms with Gasteiger partial charge < -0.3 is 18.9 Å². The first-order valence-corrected chi connectivity index (χ1v) is 6.70. The standard InChI is InChI=1S/C16H17NO6/c1-5-22-16(19)15(23-10(2)18)12(9-17)11-6-7-13(20-3)14(8-11)21-4/h6-8H,5H2,1-4H3/b15-12-. The number of methoxy groups -OCH3 is 2. The molecule has 0 aliphatic carbocycles. The third kappa shape index (κ3) is 4.48. The quantitative estimate of drug-likeness (QED) is 0.343. The predicted molar refractivity (Wildman–Crippen MR) is 80.5 cm³/mol. The number of nitriles is 1. The van der Waals surface area contributed by atoms with Crippen LogP contribution in [0.1, 0.15) is 19.4 Å². The smallest absolute Gasteiger partial charge is 0.375 e. The Balaban J connectivity index is 3.48. The van der Waals surface area contributed by atoms with Gasteiger partial charge in [0.1, 0.15) is 11.6 Å². The molecule has 23 heavy (non-hydrogen) atoms. The van der Waals surface area contributed by atoms with Crippen LogP contribution in [0.15, 0.2) is 24.0 Å². The molecule has 0 radical (unpaired) electrons. The van der Waals surface area contributed by atoms with Gasteiger partial charge in [0.05, 0.1) is 20.8 Å². The summed E-state index contributed by atoms with van der Waals surface area (Å²) in [6.45, 7) is 2.81. The maximum atomic E-state index is 12.0. The van der Waals surface area contributed by atoms with Crippen molar-refractivity contribution in [2.45, 2.75) is 13.8 Å². The number of esters is 2. The fourth-order valence-electron chi connectivity index (χ4n) is 1.77. The Morgan fingerprint density at radius 3 is 2.30 bits per heavy atom. The van der Waals surface area contributed by atoms with E-state index >= 15 is 0 Å². The number of carbonyl (C=O) groups excluding carboxylic acids is 2. The maximum absolute atomic E-state index is 12.0. The van der Waals surface area contributed by atoms with E-state index in [0.29, 0.717) is 17.1 Å². The number of hydrogen-bond donors (Lipinski definition) is 0. The Hall–Kier alpha value is -3.01. The summed E-state index contributed by atoms with van der Waals surface area (Å²) >= 11 is 0. The fourth-order valence-corrected chi connectivity index (χ4v) is 1.77. The molecule has 7 heteroatoms. The fraction of sp³-hybridized carbons (Fsp3) is 0.312. The maximum Gasteiger partial charge on any atom is 0.375 e.